The van der Waals surface area contributed by atoms with Gasteiger partial charge in [-0.1, -0.05) is 15.9 Å². The second-order valence-corrected chi connectivity index (χ2v) is 6.41. The number of benzene rings is 1. The van der Waals surface area contributed by atoms with Gasteiger partial charge < -0.3 is 14.5 Å². The molecular formula is C16H21BrN2O4. The number of ether oxygens (including phenoxy) is 1. The lowest BCUT2D eigenvalue weighted by Gasteiger charge is -2.29. The van der Waals surface area contributed by atoms with Crippen LogP contribution in [-0.2, 0) is 9.57 Å². The van der Waals surface area contributed by atoms with E-state index in [4.69, 9.17) is 9.57 Å². The zero-order chi connectivity index (χ0) is 17.0. The van der Waals surface area contributed by atoms with Gasteiger partial charge in [0.15, 0.2) is 0 Å². The average Bonchev–Trinajstić information content (AvgIpc) is 2.56. The molecule has 0 radical (unpaired) electrons. The number of likely N-dealkylation sites (tertiary alicyclic amines) is 1. The minimum Gasteiger partial charge on any atom is -0.465 e. The molecule has 1 aromatic rings. The van der Waals surface area contributed by atoms with Gasteiger partial charge in [0.05, 0.1) is 18.4 Å². The Kier molecular flexibility index (Phi) is 5.87. The van der Waals surface area contributed by atoms with Crippen molar-refractivity contribution in [2.75, 3.05) is 32.3 Å². The van der Waals surface area contributed by atoms with Crippen molar-refractivity contribution < 1.29 is 19.2 Å². The zero-order valence-corrected chi connectivity index (χ0v) is 15.2. The maximum Gasteiger partial charge on any atom is 0.434 e. The predicted octanol–water partition coefficient (Wildman–Crippen LogP) is 3.52. The normalized spacial score (nSPS) is 14.3. The minimum atomic E-state index is -0.430. The fourth-order valence-electron chi connectivity index (χ4n) is 2.61. The van der Waals surface area contributed by atoms with Crippen molar-refractivity contribution in [3.05, 3.63) is 27.7 Å². The van der Waals surface area contributed by atoms with Crippen molar-refractivity contribution in [2.45, 2.75) is 26.2 Å². The Morgan fingerprint density at radius 2 is 1.87 bits per heavy atom. The summed E-state index contributed by atoms with van der Waals surface area (Å²) in [6.07, 6.45) is 2.78. The molecule has 1 fully saturated rings. The molecule has 126 valence electrons. The summed E-state index contributed by atoms with van der Waals surface area (Å²) in [5.74, 6) is -0.430. The van der Waals surface area contributed by atoms with E-state index in [1.54, 1.807) is 31.0 Å². The fraction of sp³-hybridized carbons (Fsp3) is 0.500. The Balaban J connectivity index is 2.18. The van der Waals surface area contributed by atoms with Crippen LogP contribution >= 0.6 is 15.9 Å². The van der Waals surface area contributed by atoms with Gasteiger partial charge in [0, 0.05) is 24.6 Å². The smallest absolute Gasteiger partial charge is 0.434 e. The van der Waals surface area contributed by atoms with Crippen LogP contribution in [0.25, 0.3) is 0 Å². The number of amides is 1. The summed E-state index contributed by atoms with van der Waals surface area (Å²) in [7, 11) is 2.99. The molecule has 0 bridgehead atoms. The Morgan fingerprint density at radius 1 is 1.22 bits per heavy atom. The summed E-state index contributed by atoms with van der Waals surface area (Å²) in [6.45, 7) is 3.23. The third kappa shape index (κ3) is 4.16. The lowest BCUT2D eigenvalue weighted by molar-refractivity contribution is 0.0600. The van der Waals surface area contributed by atoms with E-state index >= 15 is 0 Å². The molecule has 6 nitrogen and oxygen atoms in total. The molecule has 0 N–H and O–H groups in total. The van der Waals surface area contributed by atoms with Gasteiger partial charge >= 0.3 is 12.1 Å². The van der Waals surface area contributed by atoms with Crippen molar-refractivity contribution in [1.82, 2.24) is 4.90 Å². The van der Waals surface area contributed by atoms with Crippen LogP contribution < -0.4 is 5.06 Å². The second kappa shape index (κ2) is 7.68. The third-order valence-corrected chi connectivity index (χ3v) is 4.38. The average molecular weight is 385 g/mol. The molecule has 2 rings (SSSR count). The summed E-state index contributed by atoms with van der Waals surface area (Å²) in [5.41, 5.74) is 1.75. The molecule has 1 aliphatic rings. The van der Waals surface area contributed by atoms with Crippen molar-refractivity contribution >= 4 is 33.7 Å². The number of esters is 1. The molecule has 1 aromatic carbocycles. The summed E-state index contributed by atoms with van der Waals surface area (Å²) < 4.78 is 5.50. The van der Waals surface area contributed by atoms with Crippen LogP contribution in [0.5, 0.6) is 0 Å². The maximum absolute atomic E-state index is 12.2. The van der Waals surface area contributed by atoms with Crippen LogP contribution in [0, 0.1) is 6.92 Å². The van der Waals surface area contributed by atoms with E-state index in [-0.39, 0.29) is 6.09 Å². The van der Waals surface area contributed by atoms with Crippen LogP contribution in [0.4, 0.5) is 10.5 Å². The molecule has 1 aliphatic heterocycles. The number of methoxy groups -OCH3 is 1. The van der Waals surface area contributed by atoms with Gasteiger partial charge in [-0.3, -0.25) is 0 Å². The monoisotopic (exact) mass is 384 g/mol. The van der Waals surface area contributed by atoms with Crippen LogP contribution in [-0.4, -0.2) is 44.2 Å². The summed E-state index contributed by atoms with van der Waals surface area (Å²) in [6, 6.07) is 3.48. The quantitative estimate of drug-likeness (QED) is 0.589. The highest BCUT2D eigenvalue weighted by Crippen LogP contribution is 2.28. The largest absolute Gasteiger partial charge is 0.465 e. The molecule has 1 heterocycles. The molecule has 0 spiro atoms. The first kappa shape index (κ1) is 17.6. The van der Waals surface area contributed by atoms with E-state index in [0.29, 0.717) is 21.3 Å². The van der Waals surface area contributed by atoms with Gasteiger partial charge in [-0.2, -0.15) is 0 Å². The number of hydroxylamine groups is 1. The highest BCUT2D eigenvalue weighted by atomic mass is 79.9. The number of carbonyl (C=O) groups excluding carboxylic acids is 2. The predicted molar refractivity (Wildman–Crippen MR) is 90.5 cm³/mol. The molecule has 7 heteroatoms. The molecule has 1 amide bonds. The number of halogens is 1. The zero-order valence-electron chi connectivity index (χ0n) is 13.6. The van der Waals surface area contributed by atoms with E-state index in [1.165, 1.54) is 12.2 Å². The number of anilines is 1. The van der Waals surface area contributed by atoms with Crippen LogP contribution in [0.1, 0.15) is 35.2 Å². The van der Waals surface area contributed by atoms with Crippen LogP contribution in [0.15, 0.2) is 16.6 Å². The molecular weight excluding hydrogens is 364 g/mol. The first-order chi connectivity index (χ1) is 10.9. The molecule has 0 atom stereocenters. The molecule has 0 aromatic heterocycles. The van der Waals surface area contributed by atoms with Crippen molar-refractivity contribution in [1.29, 1.82) is 0 Å². The van der Waals surface area contributed by atoms with Crippen molar-refractivity contribution in [2.24, 2.45) is 0 Å². The van der Waals surface area contributed by atoms with E-state index in [1.807, 2.05) is 0 Å². The molecule has 23 heavy (non-hydrogen) atoms. The van der Waals surface area contributed by atoms with Gasteiger partial charge in [0.25, 0.3) is 0 Å². The second-order valence-electron chi connectivity index (χ2n) is 5.49. The lowest BCUT2D eigenvalue weighted by atomic mass is 10.1. The van der Waals surface area contributed by atoms with Crippen molar-refractivity contribution in [3.63, 3.8) is 0 Å². The number of rotatable bonds is 3. The fourth-order valence-corrected chi connectivity index (χ4v) is 3.06. The molecule has 0 aliphatic carbocycles. The Bertz CT molecular complexity index is 600. The number of nitrogens with zero attached hydrogens (tertiary/aromatic N) is 2. The van der Waals surface area contributed by atoms with Crippen LogP contribution in [0.2, 0.25) is 0 Å². The summed E-state index contributed by atoms with van der Waals surface area (Å²) in [5, 5.41) is 1.39. The number of carbonyl (C=O) groups is 2. The van der Waals surface area contributed by atoms with Gasteiger partial charge in [0.1, 0.15) is 0 Å². The Morgan fingerprint density at radius 3 is 2.48 bits per heavy atom. The first-order valence-corrected chi connectivity index (χ1v) is 8.32. The summed E-state index contributed by atoms with van der Waals surface area (Å²) >= 11 is 3.37. The number of piperidine rings is 1. The summed E-state index contributed by atoms with van der Waals surface area (Å²) in [4.78, 5) is 31.2. The van der Waals surface area contributed by atoms with Gasteiger partial charge in [-0.15, -0.1) is 0 Å². The lowest BCUT2D eigenvalue weighted by Crippen LogP contribution is -2.39. The number of hydrogen-bond donors (Lipinski definition) is 0. The Labute approximate surface area is 144 Å². The Hall–Kier alpha value is -1.76. The van der Waals surface area contributed by atoms with E-state index < -0.39 is 5.97 Å². The highest BCUT2D eigenvalue weighted by molar-refractivity contribution is 9.10. The third-order valence-electron chi connectivity index (χ3n) is 3.92. The standard InChI is InChI=1S/C16H21BrN2O4/c1-11-13(15(20)22-3)9-12(17)10-14(11)18(2)23-16(21)19-7-5-4-6-8-19/h9-10H,4-8H2,1-3H3. The first-order valence-electron chi connectivity index (χ1n) is 7.53. The van der Waals surface area contributed by atoms with E-state index in [2.05, 4.69) is 15.9 Å². The molecule has 1 saturated heterocycles. The number of hydrogen-bond acceptors (Lipinski definition) is 5. The topological polar surface area (TPSA) is 59.1 Å². The molecule has 0 saturated carbocycles. The van der Waals surface area contributed by atoms with Crippen LogP contribution in [0.3, 0.4) is 0 Å². The minimum absolute atomic E-state index is 0.369. The SMILES string of the molecule is COC(=O)c1cc(Br)cc(N(C)OC(=O)N2CCCCC2)c1C. The van der Waals surface area contributed by atoms with Gasteiger partial charge in [-0.05, 0) is 43.9 Å². The maximum atomic E-state index is 12.2. The van der Waals surface area contributed by atoms with E-state index in [9.17, 15) is 9.59 Å². The van der Waals surface area contributed by atoms with Gasteiger partial charge in [0.2, 0.25) is 0 Å². The van der Waals surface area contributed by atoms with E-state index in [0.717, 1.165) is 32.4 Å². The van der Waals surface area contributed by atoms with Gasteiger partial charge in [-0.25, -0.2) is 14.7 Å². The molecule has 0 unspecified atom stereocenters. The highest BCUT2D eigenvalue weighted by Gasteiger charge is 2.22. The van der Waals surface area contributed by atoms with Crippen molar-refractivity contribution in [3.8, 4) is 0 Å².